The fourth-order valence-electron chi connectivity index (χ4n) is 5.11. The standard InChI is InChI=1S/C27H25N5O4S/c1-15-11-19(36-18-5-3-2-4-6-18)7-8-20(15)32-21-9-10-30-26-22(21)23(24(37-26)25(28)34)31(27(32)35)16-12-17(33)14-29-13-16/h2-11,16-17,29,33H,12-14H2,1H3,(H2,28,34)/t16-,17-/m1/s1. The van der Waals surface area contributed by atoms with Gasteiger partial charge < -0.3 is 20.9 Å². The summed E-state index contributed by atoms with van der Waals surface area (Å²) in [5, 5.41) is 14.3. The molecule has 2 aliphatic rings. The average molecular weight is 516 g/mol. The van der Waals surface area contributed by atoms with Gasteiger partial charge in [0.15, 0.2) is 0 Å². The van der Waals surface area contributed by atoms with Crippen molar-refractivity contribution in [2.75, 3.05) is 22.9 Å². The van der Waals surface area contributed by atoms with E-state index in [0.717, 1.165) is 11.3 Å². The number of nitrogens with two attached hydrogens (primary N) is 1. The number of carbonyl (C=O) groups is 2. The number of benzene rings is 2. The molecule has 2 aromatic heterocycles. The minimum absolute atomic E-state index is 0.284. The zero-order valence-corrected chi connectivity index (χ0v) is 20.9. The van der Waals surface area contributed by atoms with Crippen LogP contribution in [0.4, 0.5) is 21.9 Å². The van der Waals surface area contributed by atoms with Crippen LogP contribution in [0.1, 0.15) is 21.7 Å². The van der Waals surface area contributed by atoms with E-state index in [-0.39, 0.29) is 17.0 Å². The van der Waals surface area contributed by atoms with Gasteiger partial charge in [0.05, 0.1) is 34.6 Å². The molecule has 1 fully saturated rings. The van der Waals surface area contributed by atoms with Gasteiger partial charge in [-0.1, -0.05) is 18.2 Å². The first-order valence-corrected chi connectivity index (χ1v) is 12.8. The Labute approximate surface area is 217 Å². The molecule has 4 aromatic rings. The van der Waals surface area contributed by atoms with Crippen LogP contribution in [-0.4, -0.2) is 47.3 Å². The summed E-state index contributed by atoms with van der Waals surface area (Å²) in [6.07, 6.45) is 1.39. The van der Waals surface area contributed by atoms with E-state index in [1.807, 2.05) is 55.5 Å². The first kappa shape index (κ1) is 23.4. The number of hydrogen-bond donors (Lipinski definition) is 3. The molecule has 2 aromatic carbocycles. The van der Waals surface area contributed by atoms with Gasteiger partial charge in [0, 0.05) is 19.3 Å². The number of aryl methyl sites for hydroxylation is 1. The second-order valence-electron chi connectivity index (χ2n) is 9.21. The second-order valence-corrected chi connectivity index (χ2v) is 10.2. The number of nitrogens with one attached hydrogen (secondary N) is 1. The molecule has 0 radical (unpaired) electrons. The minimum atomic E-state index is -0.613. The molecule has 3 amide bonds. The summed E-state index contributed by atoms with van der Waals surface area (Å²) >= 11 is 1.18. The van der Waals surface area contributed by atoms with Crippen LogP contribution in [0.5, 0.6) is 11.5 Å². The summed E-state index contributed by atoms with van der Waals surface area (Å²) in [5.74, 6) is 0.759. The quantitative estimate of drug-likeness (QED) is 0.365. The van der Waals surface area contributed by atoms with E-state index in [0.29, 0.717) is 52.5 Å². The molecule has 0 aliphatic carbocycles. The zero-order chi connectivity index (χ0) is 25.7. The number of rotatable bonds is 5. The Morgan fingerprint density at radius 2 is 1.95 bits per heavy atom. The lowest BCUT2D eigenvalue weighted by Gasteiger charge is -2.42. The topological polar surface area (TPSA) is 121 Å². The molecule has 4 heterocycles. The van der Waals surface area contributed by atoms with Gasteiger partial charge in [0.25, 0.3) is 5.91 Å². The number of piperidine rings is 1. The number of aromatic nitrogens is 1. The number of urea groups is 1. The number of hydrogen-bond acceptors (Lipinski definition) is 7. The van der Waals surface area contributed by atoms with Crippen molar-refractivity contribution in [1.82, 2.24) is 10.3 Å². The molecule has 4 N–H and O–H groups in total. The minimum Gasteiger partial charge on any atom is -0.457 e. The molecule has 10 heteroatoms. The van der Waals surface area contributed by atoms with E-state index in [9.17, 15) is 14.7 Å². The molecule has 2 aliphatic heterocycles. The maximum absolute atomic E-state index is 14.3. The van der Waals surface area contributed by atoms with Gasteiger partial charge in [-0.25, -0.2) is 9.78 Å². The summed E-state index contributed by atoms with van der Waals surface area (Å²) in [6.45, 7) is 2.85. The summed E-state index contributed by atoms with van der Waals surface area (Å²) < 4.78 is 5.99. The van der Waals surface area contributed by atoms with Crippen LogP contribution in [-0.2, 0) is 0 Å². The Morgan fingerprint density at radius 1 is 1.14 bits per heavy atom. The lowest BCUT2D eigenvalue weighted by atomic mass is 10.00. The summed E-state index contributed by atoms with van der Waals surface area (Å²) in [5.41, 5.74) is 8.38. The molecule has 6 rings (SSSR count). The highest BCUT2D eigenvalue weighted by Crippen LogP contribution is 2.49. The van der Waals surface area contributed by atoms with Gasteiger partial charge in [-0.3, -0.25) is 14.6 Å². The SMILES string of the molecule is Cc1cc(Oc2ccccc2)ccc1N1C(=O)N([C@H]2CNC[C@H](O)C2)c2c(C(N)=O)sc3nccc1c23. The van der Waals surface area contributed by atoms with Gasteiger partial charge in [0.2, 0.25) is 0 Å². The van der Waals surface area contributed by atoms with Gasteiger partial charge in [-0.2, -0.15) is 0 Å². The number of aliphatic hydroxyl groups excluding tert-OH is 1. The molecule has 2 atom stereocenters. The number of primary amides is 1. The number of para-hydroxylation sites is 1. The third-order valence-corrected chi connectivity index (χ3v) is 7.81. The molecule has 37 heavy (non-hydrogen) atoms. The molecule has 0 unspecified atom stereocenters. The van der Waals surface area contributed by atoms with E-state index in [4.69, 9.17) is 10.5 Å². The fraction of sp³-hybridized carbons (Fsp3) is 0.222. The lowest BCUT2D eigenvalue weighted by molar-refractivity contribution is 0.100. The molecular formula is C27H25N5O4S. The number of pyridine rings is 1. The van der Waals surface area contributed by atoms with Crippen molar-refractivity contribution in [1.29, 1.82) is 0 Å². The number of β-amino-alcohol motifs (C(OH)–C–C–N with tert-alkyl or cyclic N) is 1. The Hall–Kier alpha value is -3.99. The van der Waals surface area contributed by atoms with Crippen molar-refractivity contribution in [3.05, 3.63) is 71.2 Å². The lowest BCUT2D eigenvalue weighted by Crippen LogP contribution is -2.57. The van der Waals surface area contributed by atoms with Crippen LogP contribution in [0.25, 0.3) is 10.2 Å². The number of nitrogens with zero attached hydrogens (tertiary/aromatic N) is 3. The van der Waals surface area contributed by atoms with Crippen LogP contribution in [0.15, 0.2) is 60.8 Å². The van der Waals surface area contributed by atoms with Crippen molar-refractivity contribution in [2.45, 2.75) is 25.5 Å². The third kappa shape index (κ3) is 3.99. The average Bonchev–Trinajstić information content (AvgIpc) is 3.27. The maximum atomic E-state index is 14.3. The number of anilines is 3. The number of thiophene rings is 1. The Balaban J connectivity index is 1.49. The van der Waals surface area contributed by atoms with Crippen LogP contribution in [0, 0.1) is 6.92 Å². The monoisotopic (exact) mass is 515 g/mol. The number of amides is 3. The Kier molecular flexibility index (Phi) is 5.79. The smallest absolute Gasteiger partial charge is 0.333 e. The predicted molar refractivity (Wildman–Crippen MR) is 143 cm³/mol. The molecule has 1 saturated heterocycles. The molecule has 0 bridgehead atoms. The third-order valence-electron chi connectivity index (χ3n) is 6.71. The van der Waals surface area contributed by atoms with E-state index in [2.05, 4.69) is 10.3 Å². The predicted octanol–water partition coefficient (Wildman–Crippen LogP) is 4.30. The Morgan fingerprint density at radius 3 is 2.68 bits per heavy atom. The molecule has 9 nitrogen and oxygen atoms in total. The Bertz CT molecular complexity index is 1520. The first-order chi connectivity index (χ1) is 17.9. The summed E-state index contributed by atoms with van der Waals surface area (Å²) in [6, 6.07) is 16.2. The zero-order valence-electron chi connectivity index (χ0n) is 20.0. The van der Waals surface area contributed by atoms with Crippen LogP contribution in [0.2, 0.25) is 0 Å². The summed E-state index contributed by atoms with van der Waals surface area (Å²) in [7, 11) is 0. The van der Waals surface area contributed by atoms with E-state index in [1.54, 1.807) is 22.1 Å². The van der Waals surface area contributed by atoms with Crippen molar-refractivity contribution in [3.8, 4) is 11.5 Å². The highest BCUT2D eigenvalue weighted by Gasteiger charge is 2.42. The number of ether oxygens (including phenoxy) is 1. The van der Waals surface area contributed by atoms with Crippen LogP contribution >= 0.6 is 11.3 Å². The number of aliphatic hydroxyl groups is 1. The fourth-order valence-corrected chi connectivity index (χ4v) is 6.12. The van der Waals surface area contributed by atoms with E-state index < -0.39 is 12.0 Å². The van der Waals surface area contributed by atoms with Gasteiger partial charge in [-0.15, -0.1) is 11.3 Å². The van der Waals surface area contributed by atoms with Crippen LogP contribution < -0.4 is 25.6 Å². The van der Waals surface area contributed by atoms with Gasteiger partial charge >= 0.3 is 6.03 Å². The molecule has 0 spiro atoms. The highest BCUT2D eigenvalue weighted by atomic mass is 32.1. The largest absolute Gasteiger partial charge is 0.457 e. The van der Waals surface area contributed by atoms with Crippen molar-refractivity contribution < 1.29 is 19.4 Å². The van der Waals surface area contributed by atoms with Gasteiger partial charge in [0.1, 0.15) is 21.2 Å². The summed E-state index contributed by atoms with van der Waals surface area (Å²) in [4.78, 5) is 35.4. The first-order valence-electron chi connectivity index (χ1n) is 12.0. The second kappa shape index (κ2) is 9.15. The van der Waals surface area contributed by atoms with Gasteiger partial charge in [-0.05, 0) is 55.3 Å². The normalized spacial score (nSPS) is 19.4. The van der Waals surface area contributed by atoms with Crippen molar-refractivity contribution >= 4 is 50.6 Å². The molecule has 188 valence electrons. The van der Waals surface area contributed by atoms with Crippen molar-refractivity contribution in [3.63, 3.8) is 0 Å². The number of carbonyl (C=O) groups excluding carboxylic acids is 2. The molecule has 0 saturated carbocycles. The molecular weight excluding hydrogens is 490 g/mol. The van der Waals surface area contributed by atoms with E-state index in [1.165, 1.54) is 11.3 Å². The highest BCUT2D eigenvalue weighted by molar-refractivity contribution is 7.21. The maximum Gasteiger partial charge on any atom is 0.333 e. The van der Waals surface area contributed by atoms with Crippen LogP contribution in [0.3, 0.4) is 0 Å². The van der Waals surface area contributed by atoms with E-state index >= 15 is 0 Å². The van der Waals surface area contributed by atoms with Crippen molar-refractivity contribution in [2.24, 2.45) is 5.73 Å².